The van der Waals surface area contributed by atoms with Crippen molar-refractivity contribution in [3.05, 3.63) is 45.1 Å². The normalized spacial score (nSPS) is 15.8. The fraction of sp³-hybridized carbons (Fsp3) is 0.278. The molecule has 1 unspecified atom stereocenters. The average molecular weight is 465 g/mol. The second-order valence-electron chi connectivity index (χ2n) is 6.70. The lowest BCUT2D eigenvalue weighted by molar-refractivity contribution is -0.136. The van der Waals surface area contributed by atoms with Gasteiger partial charge in [-0.15, -0.1) is 0 Å². The summed E-state index contributed by atoms with van der Waals surface area (Å²) in [4.78, 5) is 34.0. The third-order valence-corrected chi connectivity index (χ3v) is 4.74. The number of aliphatic hydroxyl groups is 1. The number of hydrogen-bond donors (Lipinski definition) is 6. The molecule has 13 heteroatoms. The van der Waals surface area contributed by atoms with Gasteiger partial charge < -0.3 is 40.9 Å². The van der Waals surface area contributed by atoms with Gasteiger partial charge in [0, 0.05) is 36.5 Å². The smallest absolute Gasteiger partial charge is 0.307 e. The number of rotatable bonds is 8. The number of aliphatic hydroxyl groups excluding tert-OH is 1. The topological polar surface area (TPSA) is 170 Å². The first-order valence-electron chi connectivity index (χ1n) is 9.08. The summed E-state index contributed by atoms with van der Waals surface area (Å²) in [5, 5.41) is 22.3. The van der Waals surface area contributed by atoms with Gasteiger partial charge in [0.2, 0.25) is 16.6 Å². The lowest BCUT2D eigenvalue weighted by Gasteiger charge is -2.31. The van der Waals surface area contributed by atoms with E-state index in [0.29, 0.717) is 27.7 Å². The Balaban J connectivity index is 1.83. The molecule has 164 valence electrons. The van der Waals surface area contributed by atoms with Crippen molar-refractivity contribution >= 4 is 47.9 Å². The molecule has 0 fully saturated rings. The summed E-state index contributed by atoms with van der Waals surface area (Å²) < 4.78 is 6.21. The number of nitrogens with two attached hydrogens (primary N) is 1. The summed E-state index contributed by atoms with van der Waals surface area (Å²) in [6, 6.07) is 4.86. The zero-order valence-electron chi connectivity index (χ0n) is 16.1. The van der Waals surface area contributed by atoms with E-state index in [1.165, 1.54) is 6.20 Å². The molecule has 1 atom stereocenters. The van der Waals surface area contributed by atoms with Crippen LogP contribution in [0.1, 0.15) is 12.0 Å². The number of carbonyl (C=O) groups excluding carboxylic acids is 1. The quantitative estimate of drug-likeness (QED) is 0.247. The fourth-order valence-corrected chi connectivity index (χ4v) is 3.50. The van der Waals surface area contributed by atoms with Crippen LogP contribution in [0.2, 0.25) is 0 Å². The number of primary amides is 1. The zero-order chi connectivity index (χ0) is 22.5. The molecule has 0 aliphatic carbocycles. The van der Waals surface area contributed by atoms with E-state index in [1.807, 2.05) is 0 Å². The number of β-amino-alcohol motifs (C(OH)–C–C–N with tert-alkyl or cyclic N) is 1. The summed E-state index contributed by atoms with van der Waals surface area (Å²) in [6.45, 7) is 0.188. The fourth-order valence-electron chi connectivity index (χ4n) is 3.05. The van der Waals surface area contributed by atoms with Gasteiger partial charge in [-0.3, -0.25) is 9.59 Å². The Morgan fingerprint density at radius 1 is 1.35 bits per heavy atom. The van der Waals surface area contributed by atoms with Gasteiger partial charge in [0.15, 0.2) is 11.5 Å². The van der Waals surface area contributed by atoms with Gasteiger partial charge in [-0.1, -0.05) is 6.07 Å². The van der Waals surface area contributed by atoms with Crippen LogP contribution in [0.25, 0.3) is 0 Å². The van der Waals surface area contributed by atoms with Crippen molar-refractivity contribution in [1.82, 2.24) is 15.0 Å². The summed E-state index contributed by atoms with van der Waals surface area (Å²) in [7, 11) is 0. The minimum Gasteiger partial charge on any atom is -0.481 e. The van der Waals surface area contributed by atoms with Gasteiger partial charge in [0.05, 0.1) is 12.5 Å². The van der Waals surface area contributed by atoms with Gasteiger partial charge in [-0.2, -0.15) is 4.98 Å². The zero-order valence-corrected chi connectivity index (χ0v) is 17.8. The van der Waals surface area contributed by atoms with E-state index in [4.69, 9.17) is 34.9 Å². The van der Waals surface area contributed by atoms with Crippen molar-refractivity contribution in [3.63, 3.8) is 0 Å². The van der Waals surface area contributed by atoms with Crippen LogP contribution in [-0.4, -0.2) is 56.4 Å². The molecule has 31 heavy (non-hydrogen) atoms. The largest absolute Gasteiger partial charge is 0.481 e. The number of ether oxygens (including phenoxy) is 1. The number of H-pyrrole nitrogens is 2. The van der Waals surface area contributed by atoms with Gasteiger partial charge in [-0.25, -0.2) is 0 Å². The van der Waals surface area contributed by atoms with Gasteiger partial charge in [0.1, 0.15) is 5.75 Å². The highest BCUT2D eigenvalue weighted by molar-refractivity contribution is 7.71. The van der Waals surface area contributed by atoms with E-state index in [-0.39, 0.29) is 36.5 Å². The second-order valence-corrected chi connectivity index (χ2v) is 7.50. The highest BCUT2D eigenvalue weighted by Gasteiger charge is 2.24. The van der Waals surface area contributed by atoms with Crippen molar-refractivity contribution in [2.45, 2.75) is 18.9 Å². The predicted octanol–water partition coefficient (Wildman–Crippen LogP) is 1.21. The number of aromatic amines is 2. The maximum atomic E-state index is 11.6. The van der Waals surface area contributed by atoms with E-state index >= 15 is 0 Å². The molecule has 0 saturated carbocycles. The van der Waals surface area contributed by atoms with Gasteiger partial charge >= 0.3 is 5.97 Å². The third kappa shape index (κ3) is 6.10. The number of benzene rings is 1. The third-order valence-electron chi connectivity index (χ3n) is 4.34. The van der Waals surface area contributed by atoms with Crippen molar-refractivity contribution in [2.75, 3.05) is 23.5 Å². The minimum atomic E-state index is -1.02. The van der Waals surface area contributed by atoms with Crippen molar-refractivity contribution in [1.29, 1.82) is 0 Å². The Morgan fingerprint density at radius 3 is 2.81 bits per heavy atom. The molecule has 3 rings (SSSR count). The minimum absolute atomic E-state index is 0.0137. The Labute approximate surface area is 186 Å². The highest BCUT2D eigenvalue weighted by Crippen LogP contribution is 2.30. The Hall–Kier alpha value is -3.29. The van der Waals surface area contributed by atoms with Crippen molar-refractivity contribution in [2.24, 2.45) is 5.73 Å². The number of anilines is 2. The van der Waals surface area contributed by atoms with Gasteiger partial charge in [0.25, 0.3) is 0 Å². The molecule has 1 aromatic heterocycles. The van der Waals surface area contributed by atoms with Crippen LogP contribution in [0, 0.1) is 9.54 Å². The van der Waals surface area contributed by atoms with Crippen LogP contribution in [0.4, 0.5) is 11.6 Å². The van der Waals surface area contributed by atoms with Crippen LogP contribution in [0.15, 0.2) is 30.0 Å². The number of carboxylic acids is 1. The first-order valence-corrected chi connectivity index (χ1v) is 9.90. The predicted molar refractivity (Wildman–Crippen MR) is 117 cm³/mol. The Morgan fingerprint density at radius 2 is 2.13 bits per heavy atom. The highest BCUT2D eigenvalue weighted by atomic mass is 32.1. The molecule has 7 N–H and O–H groups in total. The first kappa shape index (κ1) is 22.4. The Bertz CT molecular complexity index is 1120. The number of amides is 1. The summed E-state index contributed by atoms with van der Waals surface area (Å²) in [6.07, 6.45) is 0.581. The number of nitrogens with one attached hydrogen (secondary N) is 3. The van der Waals surface area contributed by atoms with Crippen molar-refractivity contribution < 1.29 is 24.5 Å². The molecule has 1 aliphatic rings. The molecule has 2 heterocycles. The molecule has 1 aromatic carbocycles. The number of carbonyl (C=O) groups is 2. The van der Waals surface area contributed by atoms with Gasteiger partial charge in [-0.05, 0) is 36.1 Å². The van der Waals surface area contributed by atoms with Crippen LogP contribution in [0.5, 0.6) is 5.75 Å². The lowest BCUT2D eigenvalue weighted by Crippen LogP contribution is -2.36. The number of aromatic nitrogens is 3. The van der Waals surface area contributed by atoms with E-state index in [9.17, 15) is 19.8 Å². The standard InChI is InChI=1S/C18H20N6O5S2/c19-15(28)10-3-11(25)7-24(6-10)13-5-12(2-1-9(13)4-14(26)27)29-8-20-16-21-17(30)23-18(31)22-16/h1-2,5-6,11,25H,3-4,7-8H2,(H2,19,28)(H,26,27)(H3,20,21,22,23,30,31). The van der Waals surface area contributed by atoms with E-state index < -0.39 is 18.0 Å². The maximum Gasteiger partial charge on any atom is 0.307 e. The van der Waals surface area contributed by atoms with Crippen LogP contribution in [-0.2, 0) is 16.0 Å². The average Bonchev–Trinajstić information content (AvgIpc) is 2.67. The molecular formula is C18H20N6O5S2. The molecule has 11 nitrogen and oxygen atoms in total. The molecule has 0 saturated heterocycles. The number of carboxylic acid groups (broad SMARTS) is 1. The monoisotopic (exact) mass is 464 g/mol. The molecule has 0 radical (unpaired) electrons. The summed E-state index contributed by atoms with van der Waals surface area (Å²) in [5.74, 6) is -0.920. The van der Waals surface area contributed by atoms with Crippen molar-refractivity contribution in [3.8, 4) is 5.75 Å². The van der Waals surface area contributed by atoms with Crippen LogP contribution in [0.3, 0.4) is 0 Å². The molecule has 0 bridgehead atoms. The molecular weight excluding hydrogens is 444 g/mol. The van der Waals surface area contributed by atoms with Crippen LogP contribution >= 0.6 is 24.4 Å². The molecule has 1 amide bonds. The second kappa shape index (κ2) is 9.68. The van der Waals surface area contributed by atoms with Crippen LogP contribution < -0.4 is 20.7 Å². The number of nitrogens with zero attached hydrogens (tertiary/aromatic N) is 2. The molecule has 1 aliphatic heterocycles. The summed E-state index contributed by atoms with van der Waals surface area (Å²) >= 11 is 9.96. The molecule has 2 aromatic rings. The lowest BCUT2D eigenvalue weighted by atomic mass is 10.0. The number of hydrogen-bond acceptors (Lipinski definition) is 9. The summed E-state index contributed by atoms with van der Waals surface area (Å²) in [5.41, 5.74) is 6.58. The maximum absolute atomic E-state index is 11.6. The first-order chi connectivity index (χ1) is 14.7. The van der Waals surface area contributed by atoms with E-state index in [1.54, 1.807) is 23.1 Å². The Kier molecular flexibility index (Phi) is 6.99. The number of aliphatic carboxylic acids is 1. The SMILES string of the molecule is NC(=O)C1=CN(c2cc(OCNc3nc(=S)[nH]c(=S)[nH]3)ccc2CC(=O)O)CC(O)C1. The van der Waals surface area contributed by atoms with E-state index in [0.717, 1.165) is 0 Å². The molecule has 0 spiro atoms. The van der Waals surface area contributed by atoms with E-state index in [2.05, 4.69) is 20.3 Å².